The third-order valence-electron chi connectivity index (χ3n) is 6.66. The molecule has 0 saturated heterocycles. The molecule has 4 N–H and O–H groups in total. The minimum Gasteiger partial charge on any atom is -0.493 e. The van der Waals surface area contributed by atoms with E-state index >= 15 is 0 Å². The van der Waals surface area contributed by atoms with Gasteiger partial charge in [-0.05, 0) is 30.7 Å². The second kappa shape index (κ2) is 10.3. The first-order valence-electron chi connectivity index (χ1n) is 12.4. The van der Waals surface area contributed by atoms with Gasteiger partial charge in [-0.25, -0.2) is 23.2 Å². The SMILES string of the molecule is Cc1ccc(-n2nc3c(c2C(=O)NCCS(N)(=O)=O)C(=O)N[C@@]2(CCOc4cc(OCC(F)(F)F)ccc42)C3)nc1. The Bertz CT molecular complexity index is 1620. The minimum atomic E-state index is -4.51. The number of nitrogens with zero attached hydrogens (tertiary/aromatic N) is 3. The van der Waals surface area contributed by atoms with Crippen molar-refractivity contribution in [3.05, 3.63) is 64.6 Å². The molecule has 0 bridgehead atoms. The zero-order chi connectivity index (χ0) is 29.6. The lowest BCUT2D eigenvalue weighted by atomic mass is 9.77. The molecular weight excluding hydrogens is 569 g/mol. The standard InChI is InChI=1S/C25H25F3N6O6S/c1-14-2-5-19(31-12-14)34-21(23(36)30-7-9-41(29,37)38)20-17(33-34)11-24(32-22(20)35)6-8-39-18-10-15(3-4-16(18)24)40-13-25(26,27)28/h2-5,10,12H,6-9,11,13H2,1H3,(H,30,36)(H,32,35)(H2,29,37,38)/t24-/m0/s1. The molecule has 3 aromatic rings. The predicted octanol–water partition coefficient (Wildman–Crippen LogP) is 1.50. The summed E-state index contributed by atoms with van der Waals surface area (Å²) >= 11 is 0. The minimum absolute atomic E-state index is 0.00993. The van der Waals surface area contributed by atoms with Crippen LogP contribution in [0.1, 0.15) is 44.1 Å². The number of carbonyl (C=O) groups excluding carboxylic acids is 2. The lowest BCUT2D eigenvalue weighted by Gasteiger charge is -2.41. The van der Waals surface area contributed by atoms with Crippen LogP contribution >= 0.6 is 0 Å². The number of benzene rings is 1. The average Bonchev–Trinajstić information content (AvgIpc) is 3.26. The van der Waals surface area contributed by atoms with Crippen LogP contribution in [0.4, 0.5) is 13.2 Å². The maximum atomic E-state index is 13.6. The molecule has 16 heteroatoms. The van der Waals surface area contributed by atoms with E-state index in [-0.39, 0.29) is 53.8 Å². The van der Waals surface area contributed by atoms with Gasteiger partial charge in [0, 0.05) is 37.2 Å². The molecule has 1 aromatic carbocycles. The van der Waals surface area contributed by atoms with E-state index in [1.165, 1.54) is 22.9 Å². The van der Waals surface area contributed by atoms with E-state index in [2.05, 4.69) is 20.7 Å². The molecule has 0 saturated carbocycles. The number of fused-ring (bicyclic) bond motifs is 3. The van der Waals surface area contributed by atoms with E-state index in [0.717, 1.165) is 5.56 Å². The Kier molecular flexibility index (Phi) is 7.15. The number of sulfonamides is 1. The summed E-state index contributed by atoms with van der Waals surface area (Å²) in [5.74, 6) is -1.43. The zero-order valence-electron chi connectivity index (χ0n) is 21.6. The Balaban J connectivity index is 1.53. The van der Waals surface area contributed by atoms with Crippen molar-refractivity contribution in [2.24, 2.45) is 5.14 Å². The number of hydrogen-bond donors (Lipinski definition) is 3. The fourth-order valence-corrected chi connectivity index (χ4v) is 5.23. The van der Waals surface area contributed by atoms with E-state index in [9.17, 15) is 31.2 Å². The topological polar surface area (TPSA) is 168 Å². The molecule has 12 nitrogen and oxygen atoms in total. The van der Waals surface area contributed by atoms with Crippen molar-refractivity contribution in [3.8, 4) is 17.3 Å². The van der Waals surface area contributed by atoms with Gasteiger partial charge in [-0.1, -0.05) is 6.07 Å². The Labute approximate surface area is 232 Å². The highest BCUT2D eigenvalue weighted by molar-refractivity contribution is 7.89. The molecule has 0 fully saturated rings. The Morgan fingerprint density at radius 1 is 1.29 bits per heavy atom. The number of pyridine rings is 1. The van der Waals surface area contributed by atoms with Gasteiger partial charge in [0.15, 0.2) is 12.4 Å². The predicted molar refractivity (Wildman–Crippen MR) is 137 cm³/mol. The number of hydrogen-bond acceptors (Lipinski definition) is 8. The van der Waals surface area contributed by atoms with Crippen LogP contribution in [0.15, 0.2) is 36.5 Å². The second-order valence-corrected chi connectivity index (χ2v) is 11.5. The van der Waals surface area contributed by atoms with Gasteiger partial charge in [-0.15, -0.1) is 0 Å². The molecule has 41 heavy (non-hydrogen) atoms. The fourth-order valence-electron chi connectivity index (χ4n) is 4.84. The third kappa shape index (κ3) is 5.97. The van der Waals surface area contributed by atoms with Crippen molar-refractivity contribution < 1.29 is 40.7 Å². The number of amides is 2. The number of nitrogens with two attached hydrogens (primary N) is 1. The number of aromatic nitrogens is 3. The van der Waals surface area contributed by atoms with Crippen LogP contribution in [-0.4, -0.2) is 66.7 Å². The summed E-state index contributed by atoms with van der Waals surface area (Å²) in [6, 6.07) is 7.60. The molecule has 1 spiro atoms. The molecule has 218 valence electrons. The molecule has 5 rings (SSSR count). The van der Waals surface area contributed by atoms with Crippen molar-refractivity contribution in [1.82, 2.24) is 25.4 Å². The molecule has 2 aliphatic rings. The van der Waals surface area contributed by atoms with Crippen LogP contribution in [-0.2, 0) is 22.0 Å². The number of carbonyl (C=O) groups is 2. The summed E-state index contributed by atoms with van der Waals surface area (Å²) in [4.78, 5) is 31.2. The van der Waals surface area contributed by atoms with Gasteiger partial charge in [0.05, 0.1) is 29.2 Å². The number of alkyl halides is 3. The molecular formula is C25H25F3N6O6S. The Morgan fingerprint density at radius 3 is 2.76 bits per heavy atom. The number of primary sulfonamides is 1. The van der Waals surface area contributed by atoms with Crippen molar-refractivity contribution in [2.45, 2.75) is 31.5 Å². The van der Waals surface area contributed by atoms with Crippen molar-refractivity contribution >= 4 is 21.8 Å². The second-order valence-electron chi connectivity index (χ2n) is 9.77. The quantitative estimate of drug-likeness (QED) is 0.370. The molecule has 2 aromatic heterocycles. The smallest absolute Gasteiger partial charge is 0.422 e. The van der Waals surface area contributed by atoms with Gasteiger partial charge in [-0.3, -0.25) is 9.59 Å². The fraction of sp³-hybridized carbons (Fsp3) is 0.360. The third-order valence-corrected chi connectivity index (χ3v) is 7.44. The van der Waals surface area contributed by atoms with Crippen molar-refractivity contribution in [1.29, 1.82) is 0 Å². The maximum absolute atomic E-state index is 13.6. The van der Waals surface area contributed by atoms with E-state index in [1.807, 2.05) is 6.92 Å². The van der Waals surface area contributed by atoms with Crippen molar-refractivity contribution in [2.75, 3.05) is 25.5 Å². The van der Waals surface area contributed by atoms with E-state index in [1.54, 1.807) is 18.3 Å². The van der Waals surface area contributed by atoms with Crippen LogP contribution in [0.2, 0.25) is 0 Å². The van der Waals surface area contributed by atoms with Gasteiger partial charge in [0.25, 0.3) is 11.8 Å². The van der Waals surface area contributed by atoms with E-state index < -0.39 is 45.9 Å². The van der Waals surface area contributed by atoms with Gasteiger partial charge >= 0.3 is 6.18 Å². The van der Waals surface area contributed by atoms with Crippen LogP contribution < -0.4 is 25.2 Å². The van der Waals surface area contributed by atoms with Crippen LogP contribution in [0.3, 0.4) is 0 Å². The molecule has 0 aliphatic carbocycles. The normalized spacial score (nSPS) is 18.2. The van der Waals surface area contributed by atoms with E-state index in [4.69, 9.17) is 14.6 Å². The molecule has 0 radical (unpaired) electrons. The number of aryl methyl sites for hydroxylation is 1. The van der Waals surface area contributed by atoms with Crippen LogP contribution in [0.25, 0.3) is 5.82 Å². The first-order chi connectivity index (χ1) is 19.2. The molecule has 1 atom stereocenters. The lowest BCUT2D eigenvalue weighted by Crippen LogP contribution is -2.53. The molecule has 2 aliphatic heterocycles. The number of rotatable bonds is 7. The summed E-state index contributed by atoms with van der Waals surface area (Å²) < 4.78 is 72.3. The highest BCUT2D eigenvalue weighted by Gasteiger charge is 2.47. The number of ether oxygens (including phenoxy) is 2. The lowest BCUT2D eigenvalue weighted by molar-refractivity contribution is -0.153. The van der Waals surface area contributed by atoms with Gasteiger partial charge < -0.3 is 20.1 Å². The first kappa shape index (κ1) is 28.4. The summed E-state index contributed by atoms with van der Waals surface area (Å²) in [5.41, 5.74) is 0.466. The molecule has 4 heterocycles. The zero-order valence-corrected chi connectivity index (χ0v) is 22.4. The summed E-state index contributed by atoms with van der Waals surface area (Å²) in [5, 5.41) is 15.0. The first-order valence-corrected chi connectivity index (χ1v) is 14.1. The van der Waals surface area contributed by atoms with Crippen LogP contribution in [0.5, 0.6) is 11.5 Å². The van der Waals surface area contributed by atoms with Gasteiger partial charge in [0.2, 0.25) is 10.0 Å². The summed E-state index contributed by atoms with van der Waals surface area (Å²) in [6.45, 7) is 0.204. The van der Waals surface area contributed by atoms with Gasteiger partial charge in [0.1, 0.15) is 17.2 Å². The number of halogens is 3. The maximum Gasteiger partial charge on any atom is 0.422 e. The van der Waals surface area contributed by atoms with E-state index in [0.29, 0.717) is 12.0 Å². The number of nitrogens with one attached hydrogen (secondary N) is 2. The highest BCUT2D eigenvalue weighted by atomic mass is 32.2. The molecule has 0 unspecified atom stereocenters. The van der Waals surface area contributed by atoms with Crippen LogP contribution in [0, 0.1) is 6.92 Å². The van der Waals surface area contributed by atoms with Gasteiger partial charge in [-0.2, -0.15) is 18.3 Å². The average molecular weight is 595 g/mol. The highest BCUT2D eigenvalue weighted by Crippen LogP contribution is 2.44. The molecule has 2 amide bonds. The largest absolute Gasteiger partial charge is 0.493 e. The van der Waals surface area contributed by atoms with Crippen molar-refractivity contribution in [3.63, 3.8) is 0 Å². The summed E-state index contributed by atoms with van der Waals surface area (Å²) in [7, 11) is -3.85. The Morgan fingerprint density at radius 2 is 2.07 bits per heavy atom. The monoisotopic (exact) mass is 594 g/mol. The summed E-state index contributed by atoms with van der Waals surface area (Å²) in [6.07, 6.45) is -2.50. The Hall–Kier alpha value is -4.18.